The Morgan fingerprint density at radius 2 is 1.77 bits per heavy atom. The van der Waals surface area contributed by atoms with Gasteiger partial charge in [0.15, 0.2) is 11.4 Å². The first kappa shape index (κ1) is 24.6. The van der Waals surface area contributed by atoms with Crippen molar-refractivity contribution < 1.29 is 22.7 Å². The molecule has 4 aromatic rings. The minimum absolute atomic E-state index is 0.0597. The number of anilines is 2. The molecule has 0 bridgehead atoms. The van der Waals surface area contributed by atoms with Crippen LogP contribution in [0.1, 0.15) is 16.2 Å². The molecule has 0 saturated carbocycles. The number of ether oxygens (including phenoxy) is 1. The molecule has 8 nitrogen and oxygen atoms in total. The van der Waals surface area contributed by atoms with Crippen LogP contribution in [0.15, 0.2) is 54.9 Å². The zero-order valence-corrected chi connectivity index (χ0v) is 19.5. The summed E-state index contributed by atoms with van der Waals surface area (Å²) in [7, 11) is 1.37. The van der Waals surface area contributed by atoms with E-state index in [0.29, 0.717) is 27.0 Å². The molecule has 35 heavy (non-hydrogen) atoms. The van der Waals surface area contributed by atoms with Crippen LogP contribution in [-0.2, 0) is 17.6 Å². The van der Waals surface area contributed by atoms with Crippen molar-refractivity contribution in [1.82, 2.24) is 19.3 Å². The Kier molecular flexibility index (Phi) is 6.75. The number of nitrogens with one attached hydrogen (secondary N) is 1. The van der Waals surface area contributed by atoms with Crippen LogP contribution in [0.4, 0.5) is 24.5 Å². The number of hydrogen-bond donors (Lipinski definition) is 2. The van der Waals surface area contributed by atoms with Crippen molar-refractivity contribution in [3.8, 4) is 17.1 Å². The van der Waals surface area contributed by atoms with Gasteiger partial charge in [0.05, 0.1) is 21.9 Å². The summed E-state index contributed by atoms with van der Waals surface area (Å²) < 4.78 is 47.0. The molecule has 1 amide bonds. The number of imidazole rings is 1. The van der Waals surface area contributed by atoms with Gasteiger partial charge in [-0.25, -0.2) is 9.67 Å². The van der Waals surface area contributed by atoms with E-state index < -0.39 is 17.8 Å². The molecule has 0 saturated heterocycles. The Bertz CT molecular complexity index is 1360. The first-order valence-corrected chi connectivity index (χ1v) is 10.7. The summed E-state index contributed by atoms with van der Waals surface area (Å²) >= 11 is 12.5. The van der Waals surface area contributed by atoms with Gasteiger partial charge in [0.2, 0.25) is 0 Å². The molecular weight excluding hydrogens is 508 g/mol. The van der Waals surface area contributed by atoms with Gasteiger partial charge in [-0.2, -0.15) is 18.3 Å². The summed E-state index contributed by atoms with van der Waals surface area (Å²) in [4.78, 5) is 15.7. The maximum absolute atomic E-state index is 13.1. The van der Waals surface area contributed by atoms with Gasteiger partial charge < -0.3 is 20.4 Å². The Labute approximate surface area is 207 Å². The molecule has 0 aliphatic rings. The highest BCUT2D eigenvalue weighted by molar-refractivity contribution is 6.37. The fourth-order valence-electron chi connectivity index (χ4n) is 3.35. The van der Waals surface area contributed by atoms with Gasteiger partial charge in [0.25, 0.3) is 5.91 Å². The maximum Gasteiger partial charge on any atom is 0.434 e. The lowest BCUT2D eigenvalue weighted by Crippen LogP contribution is -2.14. The number of nitrogens with two attached hydrogens (primary N) is 1. The van der Waals surface area contributed by atoms with Crippen molar-refractivity contribution in [2.45, 2.75) is 12.9 Å². The van der Waals surface area contributed by atoms with Crippen LogP contribution in [0, 0.1) is 0 Å². The van der Waals surface area contributed by atoms with Crippen molar-refractivity contribution in [1.29, 1.82) is 0 Å². The zero-order chi connectivity index (χ0) is 25.3. The van der Waals surface area contributed by atoms with E-state index in [9.17, 15) is 18.0 Å². The van der Waals surface area contributed by atoms with Crippen LogP contribution < -0.4 is 11.1 Å². The SMILES string of the molecule is COCn1cc(C(F)(F)F)nc1-c1ccc(Nc2cn(-c3c(Cl)cccc3Cl)nc2C(N)=O)cc1. The lowest BCUT2D eigenvalue weighted by atomic mass is 10.2. The van der Waals surface area contributed by atoms with Crippen molar-refractivity contribution in [2.24, 2.45) is 5.73 Å². The summed E-state index contributed by atoms with van der Waals surface area (Å²) in [5.41, 5.74) is 5.99. The van der Waals surface area contributed by atoms with E-state index in [1.807, 2.05) is 0 Å². The molecule has 0 radical (unpaired) electrons. The predicted octanol–water partition coefficient (Wildman–Crippen LogP) is 5.51. The van der Waals surface area contributed by atoms with E-state index in [-0.39, 0.29) is 23.9 Å². The highest BCUT2D eigenvalue weighted by Crippen LogP contribution is 2.33. The molecule has 0 unspecified atom stereocenters. The van der Waals surface area contributed by atoms with Crippen LogP contribution in [0.25, 0.3) is 17.1 Å². The van der Waals surface area contributed by atoms with Crippen molar-refractivity contribution in [3.05, 3.63) is 76.3 Å². The molecule has 0 spiro atoms. The normalized spacial score (nSPS) is 11.6. The van der Waals surface area contributed by atoms with Gasteiger partial charge in [-0.1, -0.05) is 29.3 Å². The monoisotopic (exact) mass is 524 g/mol. The first-order chi connectivity index (χ1) is 16.6. The molecule has 2 aromatic heterocycles. The topological polar surface area (TPSA) is 100.0 Å². The number of nitrogens with zero attached hydrogens (tertiary/aromatic N) is 4. The molecule has 2 heterocycles. The van der Waals surface area contributed by atoms with Gasteiger partial charge in [-0.05, 0) is 36.4 Å². The Morgan fingerprint density at radius 3 is 2.34 bits per heavy atom. The number of aromatic nitrogens is 4. The molecule has 0 aliphatic heterocycles. The third-order valence-electron chi connectivity index (χ3n) is 4.87. The summed E-state index contributed by atoms with van der Waals surface area (Å²) in [6, 6.07) is 11.3. The van der Waals surface area contributed by atoms with Crippen molar-refractivity contribution in [2.75, 3.05) is 12.4 Å². The number of rotatable bonds is 7. The average molecular weight is 525 g/mol. The largest absolute Gasteiger partial charge is 0.434 e. The fourth-order valence-corrected chi connectivity index (χ4v) is 3.92. The Balaban J connectivity index is 1.65. The van der Waals surface area contributed by atoms with Crippen LogP contribution in [0.5, 0.6) is 0 Å². The van der Waals surface area contributed by atoms with Crippen LogP contribution in [-0.4, -0.2) is 32.3 Å². The third-order valence-corrected chi connectivity index (χ3v) is 5.48. The molecule has 0 aliphatic carbocycles. The predicted molar refractivity (Wildman–Crippen MR) is 125 cm³/mol. The average Bonchev–Trinajstić information content (AvgIpc) is 3.39. The highest BCUT2D eigenvalue weighted by Gasteiger charge is 2.35. The number of alkyl halides is 3. The zero-order valence-electron chi connectivity index (χ0n) is 18.0. The number of methoxy groups -OCH3 is 1. The summed E-state index contributed by atoms with van der Waals surface area (Å²) in [5.74, 6) is -0.697. The van der Waals surface area contributed by atoms with Crippen LogP contribution >= 0.6 is 23.2 Å². The second kappa shape index (κ2) is 9.61. The number of primary amides is 1. The number of hydrogen-bond acceptors (Lipinski definition) is 5. The van der Waals surface area contributed by atoms with Gasteiger partial charge in [0, 0.05) is 24.6 Å². The number of amides is 1. The second-order valence-corrected chi connectivity index (χ2v) is 8.12. The number of carbonyl (C=O) groups excluding carboxylic acids is 1. The van der Waals surface area contributed by atoms with Gasteiger partial charge >= 0.3 is 6.18 Å². The number of benzene rings is 2. The Hall–Kier alpha value is -3.54. The fraction of sp³-hybridized carbons (Fsp3) is 0.136. The van der Waals surface area contributed by atoms with Gasteiger partial charge in [0.1, 0.15) is 18.2 Å². The van der Waals surface area contributed by atoms with E-state index in [2.05, 4.69) is 15.4 Å². The van der Waals surface area contributed by atoms with E-state index in [1.165, 1.54) is 22.6 Å². The van der Waals surface area contributed by atoms with Crippen molar-refractivity contribution in [3.63, 3.8) is 0 Å². The van der Waals surface area contributed by atoms with Gasteiger partial charge in [-0.3, -0.25) is 4.79 Å². The lowest BCUT2D eigenvalue weighted by Gasteiger charge is -2.09. The van der Waals surface area contributed by atoms with Crippen LogP contribution in [0.3, 0.4) is 0 Å². The highest BCUT2D eigenvalue weighted by atomic mass is 35.5. The number of para-hydroxylation sites is 1. The van der Waals surface area contributed by atoms with E-state index >= 15 is 0 Å². The molecule has 4 rings (SSSR count). The van der Waals surface area contributed by atoms with Crippen molar-refractivity contribution >= 4 is 40.5 Å². The summed E-state index contributed by atoms with van der Waals surface area (Å²) in [5, 5.41) is 7.86. The number of carbonyl (C=O) groups is 1. The first-order valence-electron chi connectivity index (χ1n) is 9.93. The van der Waals surface area contributed by atoms with E-state index in [4.69, 9.17) is 33.7 Å². The van der Waals surface area contributed by atoms with Gasteiger partial charge in [-0.15, -0.1) is 0 Å². The molecule has 0 fully saturated rings. The second-order valence-electron chi connectivity index (χ2n) is 7.31. The third kappa shape index (κ3) is 5.11. The molecule has 182 valence electrons. The quantitative estimate of drug-likeness (QED) is 0.332. The standard InChI is InChI=1S/C22H17Cl2F3N6O2/c1-35-11-32-10-17(22(25,26)27)30-21(32)12-5-7-13(8-6-12)29-16-9-33(31-18(16)20(28)34)19-14(23)3-2-4-15(19)24/h2-10,29H,11H2,1H3,(H2,28,34). The van der Waals surface area contributed by atoms with E-state index in [1.54, 1.807) is 42.5 Å². The van der Waals surface area contributed by atoms with E-state index in [0.717, 1.165) is 6.20 Å². The minimum atomic E-state index is -4.59. The maximum atomic E-state index is 13.1. The molecule has 0 atom stereocenters. The summed E-state index contributed by atoms with van der Waals surface area (Å²) in [6.07, 6.45) is -2.20. The molecular formula is C22H17Cl2F3N6O2. The lowest BCUT2D eigenvalue weighted by molar-refractivity contribution is -0.141. The smallest absolute Gasteiger partial charge is 0.364 e. The number of halogens is 5. The summed E-state index contributed by atoms with van der Waals surface area (Å²) in [6.45, 7) is -0.107. The molecule has 2 aromatic carbocycles. The minimum Gasteiger partial charge on any atom is -0.364 e. The molecule has 13 heteroatoms. The van der Waals surface area contributed by atoms with Crippen LogP contribution in [0.2, 0.25) is 10.0 Å². The molecule has 3 N–H and O–H groups in total. The Morgan fingerprint density at radius 1 is 1.11 bits per heavy atom.